The van der Waals surface area contributed by atoms with Crippen molar-refractivity contribution in [1.82, 2.24) is 14.9 Å². The summed E-state index contributed by atoms with van der Waals surface area (Å²) in [5.41, 5.74) is 4.73. The van der Waals surface area contributed by atoms with Crippen LogP contribution in [-0.2, 0) is 11.4 Å². The van der Waals surface area contributed by atoms with Gasteiger partial charge < -0.3 is 15.9 Å². The third kappa shape index (κ3) is 7.05. The van der Waals surface area contributed by atoms with Gasteiger partial charge in [-0.25, -0.2) is 10.1 Å². The number of amides is 1. The summed E-state index contributed by atoms with van der Waals surface area (Å²) in [5, 5.41) is 25.8. The number of hydrazone groups is 1. The van der Waals surface area contributed by atoms with Gasteiger partial charge in [-0.05, 0) is 23.8 Å². The van der Waals surface area contributed by atoms with Crippen molar-refractivity contribution in [1.29, 1.82) is 0 Å². The van der Waals surface area contributed by atoms with Crippen LogP contribution in [0.2, 0.25) is 0 Å². The van der Waals surface area contributed by atoms with E-state index in [1.54, 1.807) is 12.3 Å². The fourth-order valence-corrected chi connectivity index (χ4v) is 3.75. The first-order chi connectivity index (χ1) is 18.0. The summed E-state index contributed by atoms with van der Waals surface area (Å²) < 4.78 is 7.08. The largest absolute Gasteiger partial charge is 0.488 e. The van der Waals surface area contributed by atoms with Crippen molar-refractivity contribution < 1.29 is 14.5 Å². The predicted molar refractivity (Wildman–Crippen MR) is 141 cm³/mol. The lowest BCUT2D eigenvalue weighted by Crippen LogP contribution is -2.17. The summed E-state index contributed by atoms with van der Waals surface area (Å²) in [7, 11) is 0. The molecule has 0 aliphatic rings. The maximum Gasteiger partial charge on any atom is 0.271 e. The van der Waals surface area contributed by atoms with Crippen molar-refractivity contribution in [2.75, 3.05) is 22.3 Å². The van der Waals surface area contributed by atoms with Crippen LogP contribution in [0.4, 0.5) is 17.3 Å². The van der Waals surface area contributed by atoms with Gasteiger partial charge in [0.15, 0.2) is 0 Å². The number of nitro groups is 1. The van der Waals surface area contributed by atoms with Gasteiger partial charge in [0.1, 0.15) is 12.4 Å². The number of benzene rings is 3. The second-order valence-electron chi connectivity index (χ2n) is 7.50. The van der Waals surface area contributed by atoms with Gasteiger partial charge in [0, 0.05) is 23.4 Å². The number of anilines is 2. The topological polar surface area (TPSA) is 163 Å². The first-order valence-corrected chi connectivity index (χ1v) is 11.9. The van der Waals surface area contributed by atoms with Crippen LogP contribution in [0, 0.1) is 10.1 Å². The molecule has 0 saturated heterocycles. The first-order valence-electron chi connectivity index (χ1n) is 10.9. The molecule has 13 heteroatoms. The molecule has 0 fully saturated rings. The summed E-state index contributed by atoms with van der Waals surface area (Å²) in [5.74, 6) is 6.44. The van der Waals surface area contributed by atoms with E-state index in [1.165, 1.54) is 22.9 Å². The lowest BCUT2D eigenvalue weighted by molar-refractivity contribution is -0.384. The molecule has 0 aliphatic carbocycles. The molecule has 1 heterocycles. The van der Waals surface area contributed by atoms with Crippen LogP contribution in [0.3, 0.4) is 0 Å². The number of nitrogens with two attached hydrogens (primary N) is 1. The maximum atomic E-state index is 12.2. The van der Waals surface area contributed by atoms with Crippen molar-refractivity contribution in [2.24, 2.45) is 5.10 Å². The van der Waals surface area contributed by atoms with Crippen LogP contribution in [0.1, 0.15) is 11.1 Å². The van der Waals surface area contributed by atoms with E-state index in [0.717, 1.165) is 22.9 Å². The number of para-hydroxylation sites is 1. The number of carbonyl (C=O) groups is 1. The molecular formula is C24H22N8O4S. The van der Waals surface area contributed by atoms with Crippen LogP contribution < -0.4 is 21.3 Å². The monoisotopic (exact) mass is 518 g/mol. The molecule has 4 aromatic rings. The molecule has 3 aromatic carbocycles. The number of carbonyl (C=O) groups excluding carboxylic acids is 1. The Morgan fingerprint density at radius 1 is 1.11 bits per heavy atom. The highest BCUT2D eigenvalue weighted by Gasteiger charge is 2.13. The highest BCUT2D eigenvalue weighted by molar-refractivity contribution is 7.99. The fourth-order valence-electron chi connectivity index (χ4n) is 3.09. The van der Waals surface area contributed by atoms with Crippen molar-refractivity contribution in [3.8, 4) is 5.75 Å². The summed E-state index contributed by atoms with van der Waals surface area (Å²) in [6.45, 7) is 0.422. The molecule has 4 rings (SSSR count). The van der Waals surface area contributed by atoms with Gasteiger partial charge in [0.25, 0.3) is 11.6 Å². The molecule has 37 heavy (non-hydrogen) atoms. The number of hydrogen-bond acceptors (Lipinski definition) is 10. The zero-order valence-electron chi connectivity index (χ0n) is 19.4. The molecule has 0 aliphatic heterocycles. The van der Waals surface area contributed by atoms with E-state index in [1.807, 2.05) is 54.6 Å². The number of hydrogen-bond donors (Lipinski definition) is 3. The summed E-state index contributed by atoms with van der Waals surface area (Å²) in [6, 6.07) is 23.0. The van der Waals surface area contributed by atoms with E-state index >= 15 is 0 Å². The van der Waals surface area contributed by atoms with Gasteiger partial charge in [0.05, 0.1) is 16.9 Å². The van der Waals surface area contributed by atoms with Crippen LogP contribution in [0.25, 0.3) is 0 Å². The van der Waals surface area contributed by atoms with Crippen LogP contribution in [0.15, 0.2) is 89.1 Å². The van der Waals surface area contributed by atoms with Crippen molar-refractivity contribution in [3.63, 3.8) is 0 Å². The van der Waals surface area contributed by atoms with E-state index in [2.05, 4.69) is 26.0 Å². The molecule has 0 atom stereocenters. The third-order valence-electron chi connectivity index (χ3n) is 4.86. The van der Waals surface area contributed by atoms with E-state index < -0.39 is 4.92 Å². The number of nitro benzene ring substituents is 1. The molecule has 1 amide bonds. The minimum Gasteiger partial charge on any atom is -0.488 e. The number of nitrogens with one attached hydrogen (secondary N) is 2. The summed E-state index contributed by atoms with van der Waals surface area (Å²) >= 11 is 1.05. The van der Waals surface area contributed by atoms with Gasteiger partial charge in [0.2, 0.25) is 11.1 Å². The number of non-ortho nitro benzene ring substituents is 1. The number of nitrogen functional groups attached to an aromatic ring is 1. The molecule has 1 aromatic heterocycles. The molecule has 4 N–H and O–H groups in total. The zero-order chi connectivity index (χ0) is 26.0. The minimum absolute atomic E-state index is 0.0343. The summed E-state index contributed by atoms with van der Waals surface area (Å²) in [4.78, 5) is 22.6. The fraction of sp³-hybridized carbons (Fsp3) is 0.0833. The highest BCUT2D eigenvalue weighted by Crippen LogP contribution is 2.20. The minimum atomic E-state index is -0.533. The normalized spacial score (nSPS) is 10.8. The van der Waals surface area contributed by atoms with Gasteiger partial charge in [-0.1, -0.05) is 60.3 Å². The third-order valence-corrected chi connectivity index (χ3v) is 5.81. The number of nitrogens with zero attached hydrogens (tertiary/aromatic N) is 5. The molecule has 0 saturated carbocycles. The Labute approximate surface area is 215 Å². The second kappa shape index (κ2) is 12.2. The molecular weight excluding hydrogens is 496 g/mol. The smallest absolute Gasteiger partial charge is 0.271 e. The van der Waals surface area contributed by atoms with Crippen molar-refractivity contribution in [2.45, 2.75) is 11.8 Å². The molecule has 0 radical (unpaired) electrons. The molecule has 0 spiro atoms. The van der Waals surface area contributed by atoms with Gasteiger partial charge in [-0.2, -0.15) is 5.10 Å². The van der Waals surface area contributed by atoms with E-state index in [0.29, 0.717) is 18.0 Å². The van der Waals surface area contributed by atoms with Crippen molar-refractivity contribution in [3.05, 3.63) is 100 Å². The van der Waals surface area contributed by atoms with Crippen LogP contribution in [-0.4, -0.2) is 37.7 Å². The number of aromatic nitrogens is 3. The van der Waals surface area contributed by atoms with Crippen molar-refractivity contribution >= 4 is 41.2 Å². The highest BCUT2D eigenvalue weighted by atomic mass is 32.2. The quantitative estimate of drug-likeness (QED) is 0.0884. The Kier molecular flexibility index (Phi) is 8.29. The van der Waals surface area contributed by atoms with Crippen LogP contribution in [0.5, 0.6) is 5.75 Å². The van der Waals surface area contributed by atoms with E-state index in [-0.39, 0.29) is 28.5 Å². The first kappa shape index (κ1) is 25.2. The number of rotatable bonds is 11. The van der Waals surface area contributed by atoms with Gasteiger partial charge >= 0.3 is 0 Å². The standard InChI is InChI=1S/C24H22N8O4S/c25-31-23(28-26-14-18-9-4-5-12-21(18)36-15-17-7-2-1-3-8-17)29-30-24(31)37-16-22(33)27-19-10-6-11-20(13-19)32(34)35/h1-14H,15-16,25H2,(H,27,33)(H,28,29)/b26-14+. The Morgan fingerprint density at radius 3 is 2.70 bits per heavy atom. The Hall–Kier alpha value is -4.91. The second-order valence-corrected chi connectivity index (χ2v) is 8.45. The average molecular weight is 519 g/mol. The molecule has 188 valence electrons. The van der Waals surface area contributed by atoms with E-state index in [4.69, 9.17) is 10.6 Å². The van der Waals surface area contributed by atoms with E-state index in [9.17, 15) is 14.9 Å². The average Bonchev–Trinajstić information content (AvgIpc) is 3.26. The SMILES string of the molecule is Nn1c(N/N=C/c2ccccc2OCc2ccccc2)nnc1SCC(=O)Nc1cccc([N+](=O)[O-])c1. The number of ether oxygens (including phenoxy) is 1. The Morgan fingerprint density at radius 2 is 1.89 bits per heavy atom. The van der Waals surface area contributed by atoms with Gasteiger partial charge in [-0.15, -0.1) is 10.2 Å². The molecule has 12 nitrogen and oxygen atoms in total. The lowest BCUT2D eigenvalue weighted by Gasteiger charge is -2.09. The lowest BCUT2D eigenvalue weighted by atomic mass is 10.2. The van der Waals surface area contributed by atoms with Gasteiger partial charge in [-0.3, -0.25) is 14.9 Å². The van der Waals surface area contributed by atoms with Crippen LogP contribution >= 0.6 is 11.8 Å². The predicted octanol–water partition coefficient (Wildman–Crippen LogP) is 3.66. The Balaban J connectivity index is 1.31. The Bertz CT molecular complexity index is 1410. The zero-order valence-corrected chi connectivity index (χ0v) is 20.2. The molecule has 0 unspecified atom stereocenters. The number of thioether (sulfide) groups is 1. The molecule has 0 bridgehead atoms. The summed E-state index contributed by atoms with van der Waals surface area (Å²) in [6.07, 6.45) is 1.58. The maximum absolute atomic E-state index is 12.2.